The van der Waals surface area contributed by atoms with Crippen molar-refractivity contribution in [1.29, 1.82) is 0 Å². The minimum atomic E-state index is -0.612. The van der Waals surface area contributed by atoms with Gasteiger partial charge in [-0.25, -0.2) is 19.2 Å². The molecule has 2 aromatic carbocycles. The molecule has 5 rings (SSSR count). The number of nitrogens with one attached hydrogen (secondary N) is 1. The highest BCUT2D eigenvalue weighted by Gasteiger charge is 2.26. The molecule has 3 heterocycles. The van der Waals surface area contributed by atoms with Gasteiger partial charge in [0.05, 0.1) is 42.3 Å². The molecule has 2 aromatic heterocycles. The molecule has 0 saturated heterocycles. The van der Waals surface area contributed by atoms with Gasteiger partial charge < -0.3 is 14.4 Å². The maximum absolute atomic E-state index is 13.6. The van der Waals surface area contributed by atoms with Crippen LogP contribution >= 0.6 is 0 Å². The predicted molar refractivity (Wildman–Crippen MR) is 123 cm³/mol. The van der Waals surface area contributed by atoms with E-state index in [-0.39, 0.29) is 12.5 Å². The van der Waals surface area contributed by atoms with Gasteiger partial charge in [-0.2, -0.15) is 0 Å². The van der Waals surface area contributed by atoms with E-state index in [1.54, 1.807) is 47.8 Å². The third-order valence-electron chi connectivity index (χ3n) is 5.56. The van der Waals surface area contributed by atoms with Gasteiger partial charge in [0.2, 0.25) is 0 Å². The lowest BCUT2D eigenvalue weighted by Gasteiger charge is -2.29. The van der Waals surface area contributed by atoms with Crippen molar-refractivity contribution in [3.63, 3.8) is 0 Å². The maximum atomic E-state index is 13.6. The van der Waals surface area contributed by atoms with E-state index in [1.165, 1.54) is 19.2 Å². The molecule has 10 heteroatoms. The number of carbonyl (C=O) groups is 2. The molecular weight excluding hydrogens is 441 g/mol. The lowest BCUT2D eigenvalue weighted by molar-refractivity contribution is 0.0976. The summed E-state index contributed by atoms with van der Waals surface area (Å²) < 4.78 is 25.5. The van der Waals surface area contributed by atoms with E-state index >= 15 is 0 Å². The largest absolute Gasteiger partial charge is 0.489 e. The van der Waals surface area contributed by atoms with Crippen molar-refractivity contribution in [2.75, 3.05) is 30.5 Å². The molecule has 0 atom stereocenters. The summed E-state index contributed by atoms with van der Waals surface area (Å²) in [5.74, 6) is 0.0453. The van der Waals surface area contributed by atoms with E-state index in [1.807, 2.05) is 11.5 Å². The zero-order valence-electron chi connectivity index (χ0n) is 18.4. The Labute approximate surface area is 193 Å². The zero-order valence-corrected chi connectivity index (χ0v) is 18.4. The molecule has 0 saturated carbocycles. The summed E-state index contributed by atoms with van der Waals surface area (Å²) >= 11 is 0. The van der Waals surface area contributed by atoms with Crippen molar-refractivity contribution in [3.05, 3.63) is 71.9 Å². The van der Waals surface area contributed by atoms with E-state index in [2.05, 4.69) is 20.0 Å². The lowest BCUT2D eigenvalue weighted by atomic mass is 10.1. The Balaban J connectivity index is 1.51. The van der Waals surface area contributed by atoms with E-state index in [9.17, 15) is 14.0 Å². The predicted octanol–water partition coefficient (Wildman–Crippen LogP) is 4.09. The van der Waals surface area contributed by atoms with Crippen molar-refractivity contribution in [3.8, 4) is 11.4 Å². The Bertz CT molecular complexity index is 1420. The van der Waals surface area contributed by atoms with E-state index < -0.39 is 11.9 Å². The van der Waals surface area contributed by atoms with Crippen LogP contribution in [-0.4, -0.2) is 46.8 Å². The van der Waals surface area contributed by atoms with Gasteiger partial charge in [-0.05, 0) is 48.9 Å². The second-order valence-electron chi connectivity index (χ2n) is 7.71. The third kappa shape index (κ3) is 3.79. The first-order chi connectivity index (χ1) is 16.4. The zero-order chi connectivity index (χ0) is 23.8. The molecule has 1 aliphatic heterocycles. The molecule has 0 aliphatic carbocycles. The van der Waals surface area contributed by atoms with Crippen LogP contribution in [0.5, 0.6) is 5.75 Å². The molecule has 0 radical (unpaired) electrons. The normalized spacial score (nSPS) is 12.7. The van der Waals surface area contributed by atoms with Crippen molar-refractivity contribution in [2.24, 2.45) is 0 Å². The van der Waals surface area contributed by atoms with Crippen molar-refractivity contribution in [1.82, 2.24) is 14.5 Å². The van der Waals surface area contributed by atoms with Crippen molar-refractivity contribution >= 4 is 34.5 Å². The fourth-order valence-electron chi connectivity index (χ4n) is 3.94. The van der Waals surface area contributed by atoms with Gasteiger partial charge in [0.1, 0.15) is 30.3 Å². The first-order valence-electron chi connectivity index (χ1n) is 10.5. The Morgan fingerprint density at radius 1 is 1.15 bits per heavy atom. The molecular formula is C24H20FN5O4. The summed E-state index contributed by atoms with van der Waals surface area (Å²) in [6.45, 7) is 2.52. The standard InChI is InChI=1S/C24H20FN5O4/c1-14-9-15(23(31)29-7-8-34-20-11-16(25)3-5-18(20)29)10-19-22(14)27-13-30(19)17-4-6-21(26-12-17)28-24(32)33-2/h3-6,9-13H,7-8H2,1-2H3,(H,26,28,32). The van der Waals surface area contributed by atoms with E-state index in [0.717, 1.165) is 16.6 Å². The molecule has 0 fully saturated rings. The van der Waals surface area contributed by atoms with E-state index in [0.29, 0.717) is 35.1 Å². The average molecular weight is 461 g/mol. The van der Waals surface area contributed by atoms with Crippen molar-refractivity contribution in [2.45, 2.75) is 6.92 Å². The Morgan fingerprint density at radius 2 is 2.00 bits per heavy atom. The van der Waals surface area contributed by atoms with Crippen LogP contribution in [0, 0.1) is 12.7 Å². The van der Waals surface area contributed by atoms with Crippen LogP contribution in [0.25, 0.3) is 16.7 Å². The Hall–Kier alpha value is -4.47. The summed E-state index contributed by atoms with van der Waals surface area (Å²) in [5, 5.41) is 2.50. The molecule has 34 heavy (non-hydrogen) atoms. The number of anilines is 2. The number of aryl methyl sites for hydroxylation is 1. The molecule has 9 nitrogen and oxygen atoms in total. The number of imidazole rings is 1. The van der Waals surface area contributed by atoms with E-state index in [4.69, 9.17) is 4.74 Å². The SMILES string of the molecule is COC(=O)Nc1ccc(-n2cnc3c(C)cc(C(=O)N4CCOc5cc(F)ccc54)cc32)cn1. The summed E-state index contributed by atoms with van der Waals surface area (Å²) in [6.07, 6.45) is 2.63. The number of fused-ring (bicyclic) bond motifs is 2. The van der Waals surface area contributed by atoms with Crippen LogP contribution < -0.4 is 15.0 Å². The molecule has 4 aromatic rings. The maximum Gasteiger partial charge on any atom is 0.412 e. The topological polar surface area (TPSA) is 98.6 Å². The average Bonchev–Trinajstić information content (AvgIpc) is 3.28. The highest BCUT2D eigenvalue weighted by Crippen LogP contribution is 2.34. The number of aromatic nitrogens is 3. The molecule has 0 bridgehead atoms. The minimum absolute atomic E-state index is 0.218. The second-order valence-corrected chi connectivity index (χ2v) is 7.71. The van der Waals surface area contributed by atoms with Gasteiger partial charge in [0.25, 0.3) is 5.91 Å². The van der Waals surface area contributed by atoms with Gasteiger partial charge in [0, 0.05) is 11.6 Å². The highest BCUT2D eigenvalue weighted by atomic mass is 19.1. The number of benzene rings is 2. The third-order valence-corrected chi connectivity index (χ3v) is 5.56. The number of hydrogen-bond donors (Lipinski definition) is 1. The lowest BCUT2D eigenvalue weighted by Crippen LogP contribution is -2.38. The summed E-state index contributed by atoms with van der Waals surface area (Å²) in [5.41, 5.74) is 4.02. The van der Waals surface area contributed by atoms with Gasteiger partial charge in [-0.15, -0.1) is 0 Å². The minimum Gasteiger partial charge on any atom is -0.489 e. The van der Waals surface area contributed by atoms with Crippen LogP contribution in [0.1, 0.15) is 15.9 Å². The molecule has 1 N–H and O–H groups in total. The summed E-state index contributed by atoms with van der Waals surface area (Å²) in [7, 11) is 1.27. The van der Waals surface area contributed by atoms with Crippen LogP contribution in [-0.2, 0) is 4.74 Å². The molecule has 1 aliphatic rings. The molecule has 0 unspecified atom stereocenters. The van der Waals surface area contributed by atoms with Crippen LogP contribution in [0.15, 0.2) is 55.0 Å². The number of hydrogen-bond acceptors (Lipinski definition) is 6. The van der Waals surface area contributed by atoms with Gasteiger partial charge >= 0.3 is 6.09 Å². The number of amides is 2. The molecule has 0 spiro atoms. The smallest absolute Gasteiger partial charge is 0.412 e. The van der Waals surface area contributed by atoms with Gasteiger partial charge in [-0.1, -0.05) is 0 Å². The van der Waals surface area contributed by atoms with Crippen molar-refractivity contribution < 1.29 is 23.5 Å². The summed E-state index contributed by atoms with van der Waals surface area (Å²) in [4.78, 5) is 35.2. The van der Waals surface area contributed by atoms with Crippen LogP contribution in [0.2, 0.25) is 0 Å². The number of rotatable bonds is 3. The van der Waals surface area contributed by atoms with Gasteiger partial charge in [-0.3, -0.25) is 14.7 Å². The number of carbonyl (C=O) groups excluding carboxylic acids is 2. The first-order valence-corrected chi connectivity index (χ1v) is 10.5. The fourth-order valence-corrected chi connectivity index (χ4v) is 3.94. The highest BCUT2D eigenvalue weighted by molar-refractivity contribution is 6.09. The quantitative estimate of drug-likeness (QED) is 0.494. The second kappa shape index (κ2) is 8.47. The van der Waals surface area contributed by atoms with Crippen LogP contribution in [0.4, 0.5) is 20.7 Å². The molecule has 2 amide bonds. The molecule has 172 valence electrons. The number of ether oxygens (including phenoxy) is 2. The number of methoxy groups -OCH3 is 1. The van der Waals surface area contributed by atoms with Crippen LogP contribution in [0.3, 0.4) is 0 Å². The fraction of sp³-hybridized carbons (Fsp3) is 0.167. The monoisotopic (exact) mass is 461 g/mol. The first kappa shape index (κ1) is 21.4. The number of halogens is 1. The Kier molecular flexibility index (Phi) is 5.33. The number of pyridine rings is 1. The Morgan fingerprint density at radius 3 is 2.76 bits per heavy atom. The number of nitrogens with zero attached hydrogens (tertiary/aromatic N) is 4. The van der Waals surface area contributed by atoms with Gasteiger partial charge in [0.15, 0.2) is 0 Å². The summed E-state index contributed by atoms with van der Waals surface area (Å²) in [6, 6.07) is 11.1.